The molecule has 0 unspecified atom stereocenters. The largest absolute Gasteiger partial charge is 0.369 e. The van der Waals surface area contributed by atoms with E-state index in [1.54, 1.807) is 17.0 Å². The smallest absolute Gasteiger partial charge is 0.367 e. The first kappa shape index (κ1) is 20.7. The van der Waals surface area contributed by atoms with Gasteiger partial charge in [-0.25, -0.2) is 4.39 Å². The van der Waals surface area contributed by atoms with Crippen LogP contribution in [0.25, 0.3) is 0 Å². The maximum Gasteiger partial charge on any atom is 0.369 e. The molecule has 1 aromatic rings. The maximum absolute atomic E-state index is 13.0. The second-order valence-electron chi connectivity index (χ2n) is 6.28. The van der Waals surface area contributed by atoms with Crippen molar-refractivity contribution in [2.75, 3.05) is 19.6 Å². The minimum Gasteiger partial charge on any atom is -0.367 e. The summed E-state index contributed by atoms with van der Waals surface area (Å²) >= 11 is 0. The monoisotopic (exact) mass is 397 g/mol. The quantitative estimate of drug-likeness (QED) is 0.454. The summed E-state index contributed by atoms with van der Waals surface area (Å²) in [7, 11) is -10.8. The maximum atomic E-state index is 13.0. The lowest BCUT2D eigenvalue weighted by atomic mass is 9.89. The molecule has 2 rings (SSSR count). The van der Waals surface area contributed by atoms with Gasteiger partial charge in [0, 0.05) is 13.0 Å². The normalized spacial score (nSPS) is 18.5. The first-order valence-corrected chi connectivity index (χ1v) is 11.0. The Morgan fingerprint density at radius 2 is 1.52 bits per heavy atom. The van der Waals surface area contributed by atoms with Crippen molar-refractivity contribution in [2.45, 2.75) is 30.3 Å². The van der Waals surface area contributed by atoms with Crippen molar-refractivity contribution in [3.05, 3.63) is 35.6 Å². The molecule has 1 heterocycles. The zero-order chi connectivity index (χ0) is 18.9. The molecular weight excluding hydrogens is 375 g/mol. The average Bonchev–Trinajstić information content (AvgIpc) is 2.52. The predicted molar refractivity (Wildman–Crippen MR) is 88.5 cm³/mol. The van der Waals surface area contributed by atoms with Crippen molar-refractivity contribution in [3.63, 3.8) is 0 Å². The van der Waals surface area contributed by atoms with Crippen LogP contribution in [0.15, 0.2) is 24.3 Å². The molecule has 0 bridgehead atoms. The fraction of sp³-hybridized carbons (Fsp3) is 0.571. The van der Waals surface area contributed by atoms with Gasteiger partial charge in [-0.15, -0.1) is 0 Å². The highest BCUT2D eigenvalue weighted by Gasteiger charge is 2.59. The van der Waals surface area contributed by atoms with Crippen LogP contribution >= 0.6 is 15.2 Å². The predicted octanol–water partition coefficient (Wildman–Crippen LogP) is 1.40. The summed E-state index contributed by atoms with van der Waals surface area (Å²) in [6, 6.07) is 6.22. The van der Waals surface area contributed by atoms with Gasteiger partial charge in [0.25, 0.3) is 5.08 Å². The van der Waals surface area contributed by atoms with E-state index in [2.05, 4.69) is 0 Å². The Morgan fingerprint density at radius 1 is 1.04 bits per heavy atom. The third kappa shape index (κ3) is 4.76. The van der Waals surface area contributed by atoms with E-state index in [1.165, 1.54) is 12.1 Å². The highest BCUT2D eigenvalue weighted by atomic mass is 31.2. The van der Waals surface area contributed by atoms with Gasteiger partial charge >= 0.3 is 15.2 Å². The van der Waals surface area contributed by atoms with Gasteiger partial charge in [-0.1, -0.05) is 12.1 Å². The third-order valence-electron chi connectivity index (χ3n) is 4.63. The lowest BCUT2D eigenvalue weighted by Gasteiger charge is -2.35. The number of piperidine rings is 1. The summed E-state index contributed by atoms with van der Waals surface area (Å²) in [6.45, 7) is 1.03. The number of benzene rings is 1. The zero-order valence-corrected chi connectivity index (χ0v) is 15.2. The lowest BCUT2D eigenvalue weighted by Crippen LogP contribution is -2.38. The fourth-order valence-corrected chi connectivity index (χ4v) is 5.13. The van der Waals surface area contributed by atoms with Crippen molar-refractivity contribution in [3.8, 4) is 0 Å². The molecule has 0 spiro atoms. The average molecular weight is 397 g/mol. The van der Waals surface area contributed by atoms with Crippen LogP contribution in [-0.4, -0.2) is 54.3 Å². The van der Waals surface area contributed by atoms with Crippen molar-refractivity contribution in [1.29, 1.82) is 0 Å². The van der Waals surface area contributed by atoms with Gasteiger partial charge in [0.2, 0.25) is 0 Å². The van der Waals surface area contributed by atoms with Gasteiger partial charge in [-0.3, -0.25) is 9.13 Å². The number of hydrogen-bond acceptors (Lipinski definition) is 4. The standard InChI is InChI=1S/C14H22FNO7P2/c15-13-3-1-11(2-4-13)12-5-8-16(9-6-12)10-7-14(17,24(18,19)20)25(21,22)23/h1-4,12,17H,5-10H2,(H2,18,19,20)(H2,21,22,23). The number of aliphatic hydroxyl groups is 1. The Morgan fingerprint density at radius 3 is 1.96 bits per heavy atom. The second kappa shape index (κ2) is 7.55. The van der Waals surface area contributed by atoms with Crippen LogP contribution in [0.2, 0.25) is 0 Å². The Bertz CT molecular complexity index is 657. The molecule has 0 radical (unpaired) electrons. The Kier molecular flexibility index (Phi) is 6.24. The van der Waals surface area contributed by atoms with E-state index in [4.69, 9.17) is 19.6 Å². The number of rotatable bonds is 6. The number of halogens is 1. The minimum absolute atomic E-state index is 0.0527. The van der Waals surface area contributed by atoms with E-state index in [9.17, 15) is 18.6 Å². The van der Waals surface area contributed by atoms with E-state index < -0.39 is 26.7 Å². The molecule has 1 saturated heterocycles. The highest BCUT2D eigenvalue weighted by Crippen LogP contribution is 2.68. The molecule has 11 heteroatoms. The van der Waals surface area contributed by atoms with Crippen molar-refractivity contribution < 1.29 is 38.2 Å². The van der Waals surface area contributed by atoms with Crippen molar-refractivity contribution >= 4 is 15.2 Å². The summed E-state index contributed by atoms with van der Waals surface area (Å²) < 4.78 is 35.6. The molecule has 1 aliphatic heterocycles. The van der Waals surface area contributed by atoms with Gasteiger partial charge in [-0.2, -0.15) is 0 Å². The van der Waals surface area contributed by atoms with Crippen molar-refractivity contribution in [1.82, 2.24) is 4.90 Å². The molecule has 0 aliphatic carbocycles. The second-order valence-corrected chi connectivity index (χ2v) is 10.3. The molecule has 0 saturated carbocycles. The van der Waals surface area contributed by atoms with Crippen LogP contribution in [0.5, 0.6) is 0 Å². The molecule has 0 atom stereocenters. The van der Waals surface area contributed by atoms with Gasteiger partial charge in [0.15, 0.2) is 0 Å². The molecule has 1 aliphatic rings. The van der Waals surface area contributed by atoms with Gasteiger partial charge < -0.3 is 29.6 Å². The van der Waals surface area contributed by atoms with E-state index in [1.807, 2.05) is 0 Å². The summed E-state index contributed by atoms with van der Waals surface area (Å²) in [5, 5.41) is 6.52. The first-order valence-electron chi connectivity index (χ1n) is 7.75. The molecule has 0 aromatic heterocycles. The highest BCUT2D eigenvalue weighted by molar-refractivity contribution is 7.72. The Labute approximate surface area is 144 Å². The Hall–Kier alpha value is -0.630. The molecule has 142 valence electrons. The first-order chi connectivity index (χ1) is 11.4. The molecule has 1 aromatic carbocycles. The minimum atomic E-state index is -5.41. The number of likely N-dealkylation sites (tertiary alicyclic amines) is 1. The van der Waals surface area contributed by atoms with E-state index in [-0.39, 0.29) is 18.3 Å². The van der Waals surface area contributed by atoms with E-state index >= 15 is 0 Å². The summed E-state index contributed by atoms with van der Waals surface area (Å²) in [5.74, 6) is -0.0883. The van der Waals surface area contributed by atoms with E-state index in [0.717, 1.165) is 18.4 Å². The van der Waals surface area contributed by atoms with Crippen LogP contribution in [0, 0.1) is 5.82 Å². The summed E-state index contributed by atoms with van der Waals surface area (Å²) in [6.07, 6.45) is 0.703. The molecule has 25 heavy (non-hydrogen) atoms. The van der Waals surface area contributed by atoms with Crippen molar-refractivity contribution in [2.24, 2.45) is 0 Å². The zero-order valence-electron chi connectivity index (χ0n) is 13.4. The van der Waals surface area contributed by atoms with Crippen LogP contribution in [-0.2, 0) is 9.13 Å². The van der Waals surface area contributed by atoms with Crippen LogP contribution < -0.4 is 0 Å². The molecule has 8 nitrogen and oxygen atoms in total. The summed E-state index contributed by atoms with van der Waals surface area (Å²) in [4.78, 5) is 38.3. The molecule has 5 N–H and O–H groups in total. The third-order valence-corrected chi connectivity index (χ3v) is 8.50. The number of nitrogens with zero attached hydrogens (tertiary/aromatic N) is 1. The molecule has 1 fully saturated rings. The lowest BCUT2D eigenvalue weighted by molar-refractivity contribution is 0.102. The fourth-order valence-electron chi connectivity index (χ4n) is 2.99. The van der Waals surface area contributed by atoms with Gasteiger partial charge in [0.05, 0.1) is 0 Å². The van der Waals surface area contributed by atoms with Crippen LogP contribution in [0.4, 0.5) is 4.39 Å². The van der Waals surface area contributed by atoms with Gasteiger partial charge in [0.1, 0.15) is 5.82 Å². The van der Waals surface area contributed by atoms with Gasteiger partial charge in [-0.05, 0) is 49.5 Å². The molecular formula is C14H22FNO7P2. The summed E-state index contributed by atoms with van der Waals surface area (Å²) in [5.41, 5.74) is 1.00. The Balaban J connectivity index is 1.94. The van der Waals surface area contributed by atoms with Crippen LogP contribution in [0.3, 0.4) is 0 Å². The number of hydrogen-bond donors (Lipinski definition) is 5. The molecule has 0 amide bonds. The SMILES string of the molecule is O=P(O)(O)C(O)(CCN1CCC(c2ccc(F)cc2)CC1)P(=O)(O)O. The van der Waals surface area contributed by atoms with Crippen LogP contribution in [0.1, 0.15) is 30.7 Å². The topological polar surface area (TPSA) is 139 Å². The van der Waals surface area contributed by atoms with E-state index in [0.29, 0.717) is 13.1 Å².